The largest absolute Gasteiger partial charge is 0.372 e. The van der Waals surface area contributed by atoms with E-state index in [2.05, 4.69) is 102 Å². The molecule has 0 bridgehead atoms. The minimum absolute atomic E-state index is 0.0219. The molecule has 0 fully saturated rings. The van der Waals surface area contributed by atoms with E-state index in [1.807, 2.05) is 0 Å². The fourth-order valence-corrected chi connectivity index (χ4v) is 4.82. The molecule has 1 aromatic heterocycles. The van der Waals surface area contributed by atoms with Crippen LogP contribution in [0.4, 0.5) is 11.4 Å². The van der Waals surface area contributed by atoms with Gasteiger partial charge in [0, 0.05) is 36.6 Å². The van der Waals surface area contributed by atoms with Gasteiger partial charge in [0.25, 0.3) is 0 Å². The van der Waals surface area contributed by atoms with Crippen LogP contribution in [0.3, 0.4) is 0 Å². The number of aryl methyl sites for hydroxylation is 2. The summed E-state index contributed by atoms with van der Waals surface area (Å²) in [5, 5.41) is 12.7. The molecule has 33 heavy (non-hydrogen) atoms. The normalized spacial score (nSPS) is 10.9. The van der Waals surface area contributed by atoms with Gasteiger partial charge in [0.05, 0.1) is 5.75 Å². The van der Waals surface area contributed by atoms with Crippen molar-refractivity contribution in [2.24, 2.45) is 0 Å². The van der Waals surface area contributed by atoms with Crippen LogP contribution in [-0.4, -0.2) is 39.5 Å². The summed E-state index contributed by atoms with van der Waals surface area (Å²) in [6, 6.07) is 14.7. The first-order valence-electron chi connectivity index (χ1n) is 11.9. The van der Waals surface area contributed by atoms with Crippen molar-refractivity contribution in [3.63, 3.8) is 0 Å². The maximum absolute atomic E-state index is 12.8. The number of para-hydroxylation sites is 1. The van der Waals surface area contributed by atoms with Gasteiger partial charge in [-0.05, 0) is 69.0 Å². The van der Waals surface area contributed by atoms with E-state index in [0.717, 1.165) is 54.7 Å². The Morgan fingerprint density at radius 1 is 0.939 bits per heavy atom. The SMILES string of the molecule is CCc1cccc(CC)c1NC(=O)CSc1nnc(-c2ccc(N(CC)CC)cc2)n1CC. The van der Waals surface area contributed by atoms with Crippen LogP contribution < -0.4 is 10.2 Å². The lowest BCUT2D eigenvalue weighted by Gasteiger charge is -2.21. The second-order valence-electron chi connectivity index (χ2n) is 7.76. The van der Waals surface area contributed by atoms with Crippen LogP contribution in [0.15, 0.2) is 47.6 Å². The first-order valence-corrected chi connectivity index (χ1v) is 12.9. The van der Waals surface area contributed by atoms with E-state index in [0.29, 0.717) is 5.75 Å². The topological polar surface area (TPSA) is 63.1 Å². The Morgan fingerprint density at radius 3 is 2.12 bits per heavy atom. The highest BCUT2D eigenvalue weighted by Gasteiger charge is 2.16. The van der Waals surface area contributed by atoms with Gasteiger partial charge < -0.3 is 14.8 Å². The molecule has 1 heterocycles. The molecule has 3 aromatic rings. The molecule has 0 unspecified atom stereocenters. The lowest BCUT2D eigenvalue weighted by atomic mass is 10.0. The molecule has 0 spiro atoms. The summed E-state index contributed by atoms with van der Waals surface area (Å²) in [6.45, 7) is 13.3. The Balaban J connectivity index is 1.72. The Morgan fingerprint density at radius 2 is 1.58 bits per heavy atom. The molecule has 2 aromatic carbocycles. The summed E-state index contributed by atoms with van der Waals surface area (Å²) < 4.78 is 2.07. The number of aromatic nitrogens is 3. The van der Waals surface area contributed by atoms with Gasteiger partial charge >= 0.3 is 0 Å². The van der Waals surface area contributed by atoms with Crippen molar-refractivity contribution in [1.82, 2.24) is 14.8 Å². The van der Waals surface area contributed by atoms with E-state index in [-0.39, 0.29) is 5.91 Å². The zero-order chi connectivity index (χ0) is 23.8. The summed E-state index contributed by atoms with van der Waals surface area (Å²) in [5.74, 6) is 1.10. The van der Waals surface area contributed by atoms with Gasteiger partial charge in [-0.25, -0.2) is 0 Å². The minimum atomic E-state index is -0.0219. The number of nitrogens with zero attached hydrogens (tertiary/aromatic N) is 4. The molecular weight excluding hydrogens is 430 g/mol. The number of carbonyl (C=O) groups excluding carboxylic acids is 1. The molecule has 3 rings (SSSR count). The fraction of sp³-hybridized carbons (Fsp3) is 0.423. The molecule has 0 aliphatic rings. The molecule has 0 saturated carbocycles. The average molecular weight is 466 g/mol. The number of hydrogen-bond acceptors (Lipinski definition) is 5. The fourth-order valence-electron chi connectivity index (χ4n) is 4.01. The van der Waals surface area contributed by atoms with Crippen LogP contribution in [0.25, 0.3) is 11.4 Å². The van der Waals surface area contributed by atoms with Crippen molar-refractivity contribution in [2.45, 2.75) is 59.2 Å². The Labute approximate surface area is 201 Å². The average Bonchev–Trinajstić information content (AvgIpc) is 3.27. The van der Waals surface area contributed by atoms with E-state index in [4.69, 9.17) is 0 Å². The quantitative estimate of drug-likeness (QED) is 0.370. The molecule has 0 aliphatic heterocycles. The van der Waals surface area contributed by atoms with Crippen molar-refractivity contribution in [1.29, 1.82) is 0 Å². The molecule has 176 valence electrons. The smallest absolute Gasteiger partial charge is 0.234 e. The van der Waals surface area contributed by atoms with Crippen molar-refractivity contribution >= 4 is 29.0 Å². The monoisotopic (exact) mass is 465 g/mol. The van der Waals surface area contributed by atoms with Crippen molar-refractivity contribution < 1.29 is 4.79 Å². The zero-order valence-corrected chi connectivity index (χ0v) is 21.2. The summed E-state index contributed by atoms with van der Waals surface area (Å²) >= 11 is 1.43. The van der Waals surface area contributed by atoms with Crippen LogP contribution in [0.2, 0.25) is 0 Å². The third kappa shape index (κ3) is 5.77. The molecular formula is C26H35N5OS. The van der Waals surface area contributed by atoms with Crippen LogP contribution in [-0.2, 0) is 24.2 Å². The second-order valence-corrected chi connectivity index (χ2v) is 8.71. The maximum Gasteiger partial charge on any atom is 0.234 e. The summed E-state index contributed by atoms with van der Waals surface area (Å²) in [7, 11) is 0. The predicted molar refractivity (Wildman–Crippen MR) is 139 cm³/mol. The van der Waals surface area contributed by atoms with Gasteiger partial charge in [0.15, 0.2) is 11.0 Å². The number of hydrogen-bond donors (Lipinski definition) is 1. The summed E-state index contributed by atoms with van der Waals surface area (Å²) in [5.41, 5.74) is 5.52. The highest BCUT2D eigenvalue weighted by atomic mass is 32.2. The number of anilines is 2. The van der Waals surface area contributed by atoms with E-state index in [1.54, 1.807) is 0 Å². The second kappa shape index (κ2) is 11.9. The molecule has 0 radical (unpaired) electrons. The molecule has 7 heteroatoms. The number of nitrogens with one attached hydrogen (secondary N) is 1. The summed E-state index contributed by atoms with van der Waals surface area (Å²) in [6.07, 6.45) is 1.77. The van der Waals surface area contributed by atoms with Gasteiger partial charge in [-0.1, -0.05) is 43.8 Å². The van der Waals surface area contributed by atoms with E-state index in [1.165, 1.54) is 28.6 Å². The Bertz CT molecular complexity index is 1030. The predicted octanol–water partition coefficient (Wildman–Crippen LogP) is 5.67. The van der Waals surface area contributed by atoms with E-state index >= 15 is 0 Å². The van der Waals surface area contributed by atoms with Gasteiger partial charge in [0.2, 0.25) is 5.91 Å². The van der Waals surface area contributed by atoms with Crippen LogP contribution in [0.5, 0.6) is 0 Å². The third-order valence-electron chi connectivity index (χ3n) is 5.88. The first kappa shape index (κ1) is 24.8. The molecule has 1 N–H and O–H groups in total. The molecule has 0 atom stereocenters. The van der Waals surface area contributed by atoms with Crippen LogP contribution in [0.1, 0.15) is 45.7 Å². The van der Waals surface area contributed by atoms with Gasteiger partial charge in [-0.15, -0.1) is 10.2 Å². The Hall–Kier alpha value is -2.80. The number of rotatable bonds is 11. The highest BCUT2D eigenvalue weighted by molar-refractivity contribution is 7.99. The van der Waals surface area contributed by atoms with Crippen LogP contribution >= 0.6 is 11.8 Å². The number of carbonyl (C=O) groups is 1. The first-order chi connectivity index (χ1) is 16.1. The van der Waals surface area contributed by atoms with Crippen molar-refractivity contribution in [2.75, 3.05) is 29.1 Å². The van der Waals surface area contributed by atoms with Crippen molar-refractivity contribution in [3.05, 3.63) is 53.6 Å². The van der Waals surface area contributed by atoms with E-state index in [9.17, 15) is 4.79 Å². The number of benzene rings is 2. The minimum Gasteiger partial charge on any atom is -0.372 e. The number of thioether (sulfide) groups is 1. The highest BCUT2D eigenvalue weighted by Crippen LogP contribution is 2.27. The number of amides is 1. The molecule has 0 aliphatic carbocycles. The summed E-state index contributed by atoms with van der Waals surface area (Å²) in [4.78, 5) is 15.1. The zero-order valence-electron chi connectivity index (χ0n) is 20.4. The molecule has 0 saturated heterocycles. The molecule has 1 amide bonds. The van der Waals surface area contributed by atoms with Gasteiger partial charge in [-0.2, -0.15) is 0 Å². The van der Waals surface area contributed by atoms with E-state index < -0.39 is 0 Å². The molecule has 6 nitrogen and oxygen atoms in total. The van der Waals surface area contributed by atoms with Crippen LogP contribution in [0, 0.1) is 0 Å². The van der Waals surface area contributed by atoms with Gasteiger partial charge in [-0.3, -0.25) is 4.79 Å². The van der Waals surface area contributed by atoms with Gasteiger partial charge in [0.1, 0.15) is 0 Å². The lowest BCUT2D eigenvalue weighted by Crippen LogP contribution is -2.21. The Kier molecular flexibility index (Phi) is 8.95. The third-order valence-corrected chi connectivity index (χ3v) is 6.85. The lowest BCUT2D eigenvalue weighted by molar-refractivity contribution is -0.113. The maximum atomic E-state index is 12.8. The van der Waals surface area contributed by atoms with Crippen molar-refractivity contribution in [3.8, 4) is 11.4 Å². The standard InChI is InChI=1S/C26H35N5OS/c1-6-19-12-11-13-20(7-2)24(19)27-23(32)18-33-26-29-28-25(31(26)10-5)21-14-16-22(17-15-21)30(8-3)9-4/h11-17H,6-10,18H2,1-5H3,(H,27,32).